The number of fused-ring (bicyclic) bond motifs is 1. The van der Waals surface area contributed by atoms with Gasteiger partial charge >= 0.3 is 0 Å². The van der Waals surface area contributed by atoms with Crippen LogP contribution in [0.4, 0.5) is 0 Å². The van der Waals surface area contributed by atoms with Crippen molar-refractivity contribution in [2.45, 2.75) is 107 Å². The molecule has 3 rings (SSSR count). The van der Waals surface area contributed by atoms with Gasteiger partial charge in [0.25, 0.3) is 0 Å². The number of carbonyl (C=O) groups excluding carboxylic acids is 6. The largest absolute Gasteiger partial charge is 0.370 e. The van der Waals surface area contributed by atoms with Gasteiger partial charge in [0.15, 0.2) is 11.9 Å². The number of nitrogens with zero attached hydrogens (tertiary/aromatic N) is 3. The van der Waals surface area contributed by atoms with Crippen LogP contribution in [0.25, 0.3) is 0 Å². The number of benzene rings is 1. The van der Waals surface area contributed by atoms with Crippen LogP contribution < -0.4 is 49.9 Å². The van der Waals surface area contributed by atoms with Crippen molar-refractivity contribution in [3.63, 3.8) is 0 Å². The number of hydrogen-bond acceptors (Lipinski definition) is 8. The molecule has 2 heterocycles. The lowest BCUT2D eigenvalue weighted by Crippen LogP contribution is -2.65. The Hall–Kier alpha value is -5.13. The standard InChI is InChI=1S/C33H51ClN12O6/c1-18(47)42-22(6-3-15-40-32(36)37)28(49)44-24-14-13-21-5-2-8-26(46(21)31(24)52)30(51)43-23(7-4-16-41-33(38)39)29(50)45-25(27(35)48)17-19-9-11-20(34)12-10-19/h9-12,21-26H,2-8,13-17H2,1H3,(H2,35,48)(H,42,47)(H,43,51)(H,44,49)(H,45,50)(H4,36,37,40)(H4,38,39,41)/t21-,22+,23-,24+,25-,26+/m1/s1. The number of guanidine groups is 2. The number of amides is 6. The Morgan fingerprint density at radius 1 is 0.808 bits per heavy atom. The molecule has 0 saturated carbocycles. The first-order chi connectivity index (χ1) is 24.7. The van der Waals surface area contributed by atoms with Gasteiger partial charge < -0.3 is 54.8 Å². The van der Waals surface area contributed by atoms with E-state index in [0.29, 0.717) is 55.5 Å². The molecule has 0 aromatic heterocycles. The van der Waals surface area contributed by atoms with Crippen molar-refractivity contribution in [1.82, 2.24) is 26.2 Å². The summed E-state index contributed by atoms with van der Waals surface area (Å²) in [5.74, 6) is -3.61. The van der Waals surface area contributed by atoms with Crippen molar-refractivity contribution >= 4 is 59.0 Å². The van der Waals surface area contributed by atoms with Gasteiger partial charge in [-0.1, -0.05) is 23.7 Å². The molecule has 0 bridgehead atoms. The fraction of sp³-hybridized carbons (Fsp3) is 0.576. The average Bonchev–Trinajstić information content (AvgIpc) is 3.08. The molecule has 286 valence electrons. The first kappa shape index (κ1) is 41.3. The maximum atomic E-state index is 13.9. The number of halogens is 1. The van der Waals surface area contributed by atoms with Gasteiger partial charge in [-0.15, -0.1) is 0 Å². The van der Waals surface area contributed by atoms with Crippen LogP contribution in [0.5, 0.6) is 0 Å². The second-order valence-electron chi connectivity index (χ2n) is 13.0. The zero-order valence-electron chi connectivity index (χ0n) is 29.3. The molecule has 0 radical (unpaired) electrons. The van der Waals surface area contributed by atoms with Gasteiger partial charge in [-0.3, -0.25) is 38.8 Å². The Morgan fingerprint density at radius 2 is 1.40 bits per heavy atom. The third-order valence-corrected chi connectivity index (χ3v) is 9.19. The lowest BCUT2D eigenvalue weighted by molar-refractivity contribution is -0.152. The van der Waals surface area contributed by atoms with Gasteiger partial charge in [-0.25, -0.2) is 0 Å². The number of primary amides is 1. The number of carbonyl (C=O) groups is 6. The van der Waals surface area contributed by atoms with Crippen LogP contribution in [-0.2, 0) is 35.2 Å². The van der Waals surface area contributed by atoms with Crippen molar-refractivity contribution in [2.75, 3.05) is 13.1 Å². The van der Waals surface area contributed by atoms with Gasteiger partial charge in [-0.05, 0) is 75.5 Å². The third-order valence-electron chi connectivity index (χ3n) is 8.93. The molecule has 0 aliphatic carbocycles. The second-order valence-corrected chi connectivity index (χ2v) is 13.4. The zero-order chi connectivity index (χ0) is 38.4. The highest BCUT2D eigenvalue weighted by molar-refractivity contribution is 6.30. The molecule has 52 heavy (non-hydrogen) atoms. The molecule has 2 fully saturated rings. The molecular formula is C33H51ClN12O6. The monoisotopic (exact) mass is 746 g/mol. The van der Waals surface area contributed by atoms with Gasteiger partial charge in [0.05, 0.1) is 0 Å². The van der Waals surface area contributed by atoms with Crippen LogP contribution >= 0.6 is 11.6 Å². The van der Waals surface area contributed by atoms with Crippen LogP contribution in [0, 0.1) is 0 Å². The molecule has 6 amide bonds. The van der Waals surface area contributed by atoms with Crippen LogP contribution in [-0.4, -0.2) is 102 Å². The molecule has 2 aliphatic heterocycles. The van der Waals surface area contributed by atoms with Crippen molar-refractivity contribution in [1.29, 1.82) is 0 Å². The quantitative estimate of drug-likeness (QED) is 0.0451. The molecule has 0 spiro atoms. The smallest absolute Gasteiger partial charge is 0.246 e. The maximum absolute atomic E-state index is 13.9. The van der Waals surface area contributed by atoms with Gasteiger partial charge in [0.1, 0.15) is 30.2 Å². The molecule has 2 saturated heterocycles. The molecule has 14 N–H and O–H groups in total. The molecule has 19 heteroatoms. The topological polar surface area (TPSA) is 309 Å². The van der Waals surface area contributed by atoms with E-state index in [1.807, 2.05) is 0 Å². The van der Waals surface area contributed by atoms with E-state index in [9.17, 15) is 28.8 Å². The number of nitrogens with two attached hydrogens (primary N) is 5. The first-order valence-electron chi connectivity index (χ1n) is 17.3. The van der Waals surface area contributed by atoms with E-state index in [1.165, 1.54) is 11.8 Å². The van der Waals surface area contributed by atoms with Crippen molar-refractivity contribution < 1.29 is 28.8 Å². The van der Waals surface area contributed by atoms with Gasteiger partial charge in [-0.2, -0.15) is 0 Å². The highest BCUT2D eigenvalue weighted by atomic mass is 35.5. The minimum absolute atomic E-state index is 0.0890. The maximum Gasteiger partial charge on any atom is 0.246 e. The summed E-state index contributed by atoms with van der Waals surface area (Å²) in [4.78, 5) is 88.3. The SMILES string of the molecule is CC(=O)N[C@@H](CCCN=C(N)N)C(=O)N[C@H]1CC[C@H]2CCC[C@@H](C(=O)N[C@H](CCCN=C(N)N)C(=O)N[C@H](Cc3ccc(Cl)cc3)C(N)=O)N2C1=O. The van der Waals surface area contributed by atoms with Crippen molar-refractivity contribution in [3.05, 3.63) is 34.9 Å². The van der Waals surface area contributed by atoms with Crippen molar-refractivity contribution in [3.8, 4) is 0 Å². The fourth-order valence-electron chi connectivity index (χ4n) is 6.43. The first-order valence-corrected chi connectivity index (χ1v) is 17.7. The van der Waals surface area contributed by atoms with Crippen LogP contribution in [0.1, 0.15) is 70.3 Å². The van der Waals surface area contributed by atoms with Crippen molar-refractivity contribution in [2.24, 2.45) is 38.7 Å². The summed E-state index contributed by atoms with van der Waals surface area (Å²) in [5.41, 5.74) is 28.0. The predicted molar refractivity (Wildman–Crippen MR) is 195 cm³/mol. The Labute approximate surface area is 307 Å². The summed E-state index contributed by atoms with van der Waals surface area (Å²) in [6, 6.07) is 1.46. The predicted octanol–water partition coefficient (Wildman–Crippen LogP) is -2.02. The van der Waals surface area contributed by atoms with E-state index < -0.39 is 65.7 Å². The van der Waals surface area contributed by atoms with Gasteiger partial charge in [0, 0.05) is 37.5 Å². The molecule has 6 atom stereocenters. The number of aliphatic imine (C=N–C) groups is 2. The summed E-state index contributed by atoms with van der Waals surface area (Å²) in [6.45, 7) is 1.71. The molecule has 18 nitrogen and oxygen atoms in total. The fourth-order valence-corrected chi connectivity index (χ4v) is 6.56. The normalized spacial score (nSPS) is 19.8. The van der Waals surface area contributed by atoms with Crippen LogP contribution in [0.2, 0.25) is 5.02 Å². The Morgan fingerprint density at radius 3 is 1.96 bits per heavy atom. The number of hydrogen-bond donors (Lipinski definition) is 9. The van der Waals surface area contributed by atoms with Crippen LogP contribution in [0.3, 0.4) is 0 Å². The summed E-state index contributed by atoms with van der Waals surface area (Å²) in [6.07, 6.45) is 3.66. The number of nitrogens with one attached hydrogen (secondary N) is 4. The lowest BCUT2D eigenvalue weighted by atomic mass is 9.86. The van der Waals surface area contributed by atoms with Crippen LogP contribution in [0.15, 0.2) is 34.3 Å². The lowest BCUT2D eigenvalue weighted by Gasteiger charge is -2.46. The molecule has 1 aromatic carbocycles. The minimum atomic E-state index is -1.12. The second kappa shape index (κ2) is 20.0. The Bertz CT molecular complexity index is 1500. The van der Waals surface area contributed by atoms with E-state index in [-0.39, 0.29) is 50.3 Å². The number of rotatable bonds is 18. The highest BCUT2D eigenvalue weighted by Gasteiger charge is 2.45. The van der Waals surface area contributed by atoms with E-state index in [0.717, 1.165) is 0 Å². The Kier molecular flexibility index (Phi) is 15.9. The minimum Gasteiger partial charge on any atom is -0.370 e. The van der Waals surface area contributed by atoms with E-state index in [1.54, 1.807) is 24.3 Å². The summed E-state index contributed by atoms with van der Waals surface area (Å²) < 4.78 is 0. The molecule has 0 unspecified atom stereocenters. The molecule has 2 aliphatic rings. The van der Waals surface area contributed by atoms with E-state index >= 15 is 0 Å². The highest BCUT2D eigenvalue weighted by Crippen LogP contribution is 2.31. The summed E-state index contributed by atoms with van der Waals surface area (Å²) in [5, 5.41) is 11.3. The Balaban J connectivity index is 1.75. The van der Waals surface area contributed by atoms with Gasteiger partial charge in [0.2, 0.25) is 35.4 Å². The van der Waals surface area contributed by atoms with E-state index in [2.05, 4.69) is 31.3 Å². The molecule has 1 aromatic rings. The summed E-state index contributed by atoms with van der Waals surface area (Å²) >= 11 is 5.98. The molecular weight excluding hydrogens is 696 g/mol. The van der Waals surface area contributed by atoms with E-state index in [4.69, 9.17) is 40.3 Å². The average molecular weight is 747 g/mol. The number of piperidine rings is 2. The third kappa shape index (κ3) is 12.9. The zero-order valence-corrected chi connectivity index (χ0v) is 30.1. The summed E-state index contributed by atoms with van der Waals surface area (Å²) in [7, 11) is 0.